The molecule has 0 aromatic carbocycles. The Labute approximate surface area is 129 Å². The van der Waals surface area contributed by atoms with Crippen LogP contribution >= 0.6 is 0 Å². The van der Waals surface area contributed by atoms with E-state index in [2.05, 4.69) is 25.4 Å². The molecule has 0 amide bonds. The number of nitrogens with zero attached hydrogens (tertiary/aromatic N) is 4. The first-order valence-corrected chi connectivity index (χ1v) is 7.63. The number of ether oxygens (including phenoxy) is 1. The number of guanidine groups is 1. The van der Waals surface area contributed by atoms with E-state index in [9.17, 15) is 5.11 Å². The number of aliphatic hydroxyl groups excluding tert-OH is 1. The summed E-state index contributed by atoms with van der Waals surface area (Å²) in [5, 5.41) is 13.9. The molecule has 1 saturated heterocycles. The summed E-state index contributed by atoms with van der Waals surface area (Å²) in [4.78, 5) is 11.1. The number of hydrogen-bond acceptors (Lipinski definition) is 7. The van der Waals surface area contributed by atoms with Crippen molar-refractivity contribution in [3.05, 3.63) is 23.5 Å². The first-order chi connectivity index (χ1) is 10.8. The third-order valence-electron chi connectivity index (χ3n) is 3.81. The van der Waals surface area contributed by atoms with Crippen molar-refractivity contribution in [2.45, 2.75) is 25.4 Å². The summed E-state index contributed by atoms with van der Waals surface area (Å²) in [6.45, 7) is 3.29. The second-order valence-electron chi connectivity index (χ2n) is 5.34. The maximum atomic E-state index is 9.75. The summed E-state index contributed by atoms with van der Waals surface area (Å²) in [5.41, 5.74) is 3.57. The van der Waals surface area contributed by atoms with Crippen molar-refractivity contribution in [3.63, 3.8) is 0 Å². The Kier molecular flexibility index (Phi) is 4.97. The zero-order valence-electron chi connectivity index (χ0n) is 12.5. The Balaban J connectivity index is 1.58. The topological polar surface area (TPSA) is 81.8 Å². The molecule has 7 nitrogen and oxygen atoms in total. The molecule has 2 N–H and O–H groups in total. The van der Waals surface area contributed by atoms with Crippen molar-refractivity contribution in [2.24, 2.45) is 15.1 Å². The molecule has 118 valence electrons. The molecule has 0 aromatic rings. The Morgan fingerprint density at radius 3 is 3.09 bits per heavy atom. The Bertz CT molecular complexity index is 544. The lowest BCUT2D eigenvalue weighted by atomic mass is 10.1. The maximum Gasteiger partial charge on any atom is 0.240 e. The number of aliphatic hydroxyl groups is 1. The molecule has 1 atom stereocenters. The largest absolute Gasteiger partial charge is 0.512 e. The van der Waals surface area contributed by atoms with Crippen LogP contribution in [0, 0.1) is 0 Å². The van der Waals surface area contributed by atoms with Gasteiger partial charge >= 0.3 is 0 Å². The zero-order chi connectivity index (χ0) is 15.2. The normalized spacial score (nSPS) is 26.5. The van der Waals surface area contributed by atoms with Crippen molar-refractivity contribution >= 4 is 18.4 Å². The minimum atomic E-state index is 0.0984. The second kappa shape index (κ2) is 7.33. The van der Waals surface area contributed by atoms with Crippen molar-refractivity contribution in [2.75, 3.05) is 26.3 Å². The van der Waals surface area contributed by atoms with Gasteiger partial charge in [-0.2, -0.15) is 5.10 Å². The molecule has 0 spiro atoms. The summed E-state index contributed by atoms with van der Waals surface area (Å²) in [6, 6.07) is 0. The van der Waals surface area contributed by atoms with Gasteiger partial charge in [-0.05, 0) is 6.42 Å². The van der Waals surface area contributed by atoms with Gasteiger partial charge in [0.15, 0.2) is 0 Å². The molecule has 22 heavy (non-hydrogen) atoms. The second-order valence-corrected chi connectivity index (χ2v) is 5.34. The Morgan fingerprint density at radius 1 is 1.41 bits per heavy atom. The van der Waals surface area contributed by atoms with Crippen LogP contribution < -0.4 is 5.43 Å². The zero-order valence-corrected chi connectivity index (χ0v) is 12.5. The molecular weight excluding hydrogens is 282 g/mol. The number of rotatable bonds is 3. The van der Waals surface area contributed by atoms with Gasteiger partial charge in [0.1, 0.15) is 11.9 Å². The summed E-state index contributed by atoms with van der Waals surface area (Å²) >= 11 is 0. The summed E-state index contributed by atoms with van der Waals surface area (Å²) in [6.07, 6.45) is 9.79. The van der Waals surface area contributed by atoms with Crippen LogP contribution in [-0.4, -0.2) is 60.9 Å². The molecule has 1 aliphatic carbocycles. The summed E-state index contributed by atoms with van der Waals surface area (Å²) in [7, 11) is 0. The lowest BCUT2D eigenvalue weighted by Gasteiger charge is -2.32. The fourth-order valence-electron chi connectivity index (χ4n) is 2.57. The molecule has 7 heteroatoms. The van der Waals surface area contributed by atoms with E-state index < -0.39 is 0 Å². The molecule has 0 radical (unpaired) electrons. The smallest absolute Gasteiger partial charge is 0.240 e. The first kappa shape index (κ1) is 14.9. The van der Waals surface area contributed by atoms with Crippen molar-refractivity contribution in [3.8, 4) is 0 Å². The van der Waals surface area contributed by atoms with Gasteiger partial charge in [-0.1, -0.05) is 12.2 Å². The lowest BCUT2D eigenvalue weighted by molar-refractivity contribution is 0.0196. The number of hydrazone groups is 1. The number of allylic oxidation sites excluding steroid dienone is 4. The molecule has 0 bridgehead atoms. The molecule has 0 aromatic heterocycles. The third-order valence-corrected chi connectivity index (χ3v) is 3.81. The molecule has 1 fully saturated rings. The van der Waals surface area contributed by atoms with E-state index in [4.69, 9.17) is 4.74 Å². The van der Waals surface area contributed by atoms with Crippen LogP contribution in [0.25, 0.3) is 0 Å². The SMILES string of the molecule is OC1=C(/C=N/NC2=NC(N3CCOCC3)CC=N2)C=CCC1. The van der Waals surface area contributed by atoms with Gasteiger partial charge in [-0.3, -0.25) is 4.90 Å². The van der Waals surface area contributed by atoms with Gasteiger partial charge in [0, 0.05) is 37.7 Å². The van der Waals surface area contributed by atoms with Crippen LogP contribution in [-0.2, 0) is 4.74 Å². The maximum absolute atomic E-state index is 9.75. The molecule has 3 rings (SSSR count). The van der Waals surface area contributed by atoms with E-state index in [-0.39, 0.29) is 6.17 Å². The van der Waals surface area contributed by atoms with Gasteiger partial charge in [0.05, 0.1) is 19.4 Å². The summed E-state index contributed by atoms with van der Waals surface area (Å²) < 4.78 is 5.36. The van der Waals surface area contributed by atoms with Gasteiger partial charge < -0.3 is 9.84 Å². The average Bonchev–Trinajstić information content (AvgIpc) is 2.58. The molecule has 2 heterocycles. The number of aliphatic imine (C=N–C) groups is 2. The van der Waals surface area contributed by atoms with Gasteiger partial charge in [0.25, 0.3) is 0 Å². The van der Waals surface area contributed by atoms with Crippen molar-refractivity contribution in [1.29, 1.82) is 0 Å². The lowest BCUT2D eigenvalue weighted by Crippen LogP contribution is -2.44. The Morgan fingerprint density at radius 2 is 2.27 bits per heavy atom. The first-order valence-electron chi connectivity index (χ1n) is 7.63. The fraction of sp³-hybridized carbons (Fsp3) is 0.533. The molecule has 2 aliphatic heterocycles. The van der Waals surface area contributed by atoms with Crippen LogP contribution in [0.15, 0.2) is 38.6 Å². The van der Waals surface area contributed by atoms with Gasteiger partial charge in [-0.25, -0.2) is 15.4 Å². The number of nitrogens with one attached hydrogen (secondary N) is 1. The van der Waals surface area contributed by atoms with E-state index in [1.165, 1.54) is 0 Å². The monoisotopic (exact) mass is 303 g/mol. The van der Waals surface area contributed by atoms with Crippen LogP contribution in [0.5, 0.6) is 0 Å². The van der Waals surface area contributed by atoms with E-state index >= 15 is 0 Å². The van der Waals surface area contributed by atoms with E-state index in [0.717, 1.165) is 44.7 Å². The minimum absolute atomic E-state index is 0.0984. The molecule has 1 unspecified atom stereocenters. The predicted molar refractivity (Wildman–Crippen MR) is 86.4 cm³/mol. The average molecular weight is 303 g/mol. The molecule has 0 saturated carbocycles. The van der Waals surface area contributed by atoms with Crippen LogP contribution in [0.1, 0.15) is 19.3 Å². The minimum Gasteiger partial charge on any atom is -0.512 e. The van der Waals surface area contributed by atoms with Crippen LogP contribution in [0.2, 0.25) is 0 Å². The fourth-order valence-corrected chi connectivity index (χ4v) is 2.57. The van der Waals surface area contributed by atoms with E-state index in [0.29, 0.717) is 18.1 Å². The highest BCUT2D eigenvalue weighted by molar-refractivity contribution is 5.91. The van der Waals surface area contributed by atoms with E-state index in [1.807, 2.05) is 18.4 Å². The molecular formula is C15H21N5O2. The Hall–Kier alpha value is -1.99. The van der Waals surface area contributed by atoms with Crippen molar-refractivity contribution < 1.29 is 9.84 Å². The summed E-state index contributed by atoms with van der Waals surface area (Å²) in [5.74, 6) is 0.868. The van der Waals surface area contributed by atoms with Crippen LogP contribution in [0.4, 0.5) is 0 Å². The quantitative estimate of drug-likeness (QED) is 0.606. The highest BCUT2D eigenvalue weighted by Crippen LogP contribution is 2.14. The third kappa shape index (κ3) is 3.80. The van der Waals surface area contributed by atoms with Gasteiger partial charge in [-0.15, -0.1) is 0 Å². The van der Waals surface area contributed by atoms with Crippen LogP contribution in [0.3, 0.4) is 0 Å². The van der Waals surface area contributed by atoms with E-state index in [1.54, 1.807) is 6.21 Å². The van der Waals surface area contributed by atoms with Crippen molar-refractivity contribution in [1.82, 2.24) is 10.3 Å². The van der Waals surface area contributed by atoms with Gasteiger partial charge in [0.2, 0.25) is 5.96 Å². The predicted octanol–water partition coefficient (Wildman–Crippen LogP) is 1.21. The molecule has 3 aliphatic rings. The standard InChI is InChI=1S/C15H21N5O2/c21-13-4-2-1-3-12(13)11-17-19-15-16-6-5-14(18-15)20-7-9-22-10-8-20/h1,3,6,11,14,21H,2,4-5,7-10H2,(H,18,19)/b17-11+. The number of hydrogen-bond donors (Lipinski definition) is 2. The highest BCUT2D eigenvalue weighted by Gasteiger charge is 2.21. The number of morpholine rings is 1. The highest BCUT2D eigenvalue weighted by atomic mass is 16.5.